The molecule has 2 nitrogen and oxygen atoms in total. The summed E-state index contributed by atoms with van der Waals surface area (Å²) < 4.78 is 0. The first-order chi connectivity index (χ1) is 6.18. The molecule has 0 fully saturated rings. The molecule has 0 bridgehead atoms. The average Bonchev–Trinajstić information content (AvgIpc) is 2.47. The fourth-order valence-corrected chi connectivity index (χ4v) is 1.55. The number of fused-ring (bicyclic) bond motifs is 1. The minimum atomic E-state index is -0.395. The molecule has 0 aliphatic heterocycles. The first-order valence-electron chi connectivity index (χ1n) is 4.44. The van der Waals surface area contributed by atoms with Gasteiger partial charge in [-0.2, -0.15) is 0 Å². The molecule has 68 valence electrons. The predicted molar refractivity (Wildman–Crippen MR) is 53.7 cm³/mol. The maximum Gasteiger partial charge on any atom is 0.0762 e. The Kier molecular flexibility index (Phi) is 1.85. The van der Waals surface area contributed by atoms with Gasteiger partial charge in [0.25, 0.3) is 0 Å². The van der Waals surface area contributed by atoms with E-state index in [1.807, 2.05) is 24.4 Å². The lowest BCUT2D eigenvalue weighted by molar-refractivity contribution is 0.199. The van der Waals surface area contributed by atoms with Crippen molar-refractivity contribution in [2.24, 2.45) is 0 Å². The highest BCUT2D eigenvalue weighted by Crippen LogP contribution is 2.21. The van der Waals surface area contributed by atoms with Crippen LogP contribution in [0.5, 0.6) is 0 Å². The van der Waals surface area contributed by atoms with Gasteiger partial charge >= 0.3 is 0 Å². The predicted octanol–water partition coefficient (Wildman–Crippen LogP) is 2.53. The first-order valence-corrected chi connectivity index (χ1v) is 4.44. The van der Waals surface area contributed by atoms with Crippen molar-refractivity contribution in [3.8, 4) is 0 Å². The van der Waals surface area contributed by atoms with E-state index in [0.717, 1.165) is 11.1 Å². The summed E-state index contributed by atoms with van der Waals surface area (Å²) in [6, 6.07) is 6.00. The number of nitrogens with one attached hydrogen (secondary N) is 1. The third-order valence-corrected chi connectivity index (χ3v) is 2.40. The number of aliphatic hydroxyl groups excluding tert-OH is 1. The van der Waals surface area contributed by atoms with Crippen molar-refractivity contribution in [1.82, 2.24) is 4.98 Å². The van der Waals surface area contributed by atoms with Crippen LogP contribution in [0.4, 0.5) is 0 Å². The number of aliphatic hydroxyl groups is 1. The van der Waals surface area contributed by atoms with Gasteiger partial charge in [-0.25, -0.2) is 0 Å². The highest BCUT2D eigenvalue weighted by molar-refractivity contribution is 5.83. The van der Waals surface area contributed by atoms with Crippen LogP contribution in [-0.2, 0) is 0 Å². The van der Waals surface area contributed by atoms with Crippen molar-refractivity contribution < 1.29 is 5.11 Å². The molecule has 0 saturated carbocycles. The van der Waals surface area contributed by atoms with Crippen molar-refractivity contribution in [1.29, 1.82) is 0 Å². The van der Waals surface area contributed by atoms with Gasteiger partial charge in [-0.05, 0) is 31.0 Å². The Morgan fingerprint density at radius 2 is 2.15 bits per heavy atom. The van der Waals surface area contributed by atoms with Gasteiger partial charge in [0.15, 0.2) is 0 Å². The molecular weight excluding hydrogens is 162 g/mol. The number of H-pyrrole nitrogens is 1. The third-order valence-electron chi connectivity index (χ3n) is 2.40. The molecule has 0 spiro atoms. The molecule has 0 radical (unpaired) electrons. The molecule has 13 heavy (non-hydrogen) atoms. The summed E-state index contributed by atoms with van der Waals surface area (Å²) >= 11 is 0. The first kappa shape index (κ1) is 8.32. The van der Waals surface area contributed by atoms with Crippen molar-refractivity contribution in [2.45, 2.75) is 20.0 Å². The van der Waals surface area contributed by atoms with E-state index in [0.29, 0.717) is 0 Å². The topological polar surface area (TPSA) is 36.0 Å². The number of aryl methyl sites for hydroxylation is 1. The number of aromatic nitrogens is 1. The summed E-state index contributed by atoms with van der Waals surface area (Å²) in [5, 5.41) is 10.6. The lowest BCUT2D eigenvalue weighted by atomic mass is 10.1. The molecule has 0 saturated heterocycles. The van der Waals surface area contributed by atoms with E-state index in [1.165, 1.54) is 10.9 Å². The maximum atomic E-state index is 9.38. The zero-order valence-electron chi connectivity index (χ0n) is 7.83. The van der Waals surface area contributed by atoms with Gasteiger partial charge in [-0.15, -0.1) is 0 Å². The molecule has 0 amide bonds. The van der Waals surface area contributed by atoms with Crippen molar-refractivity contribution >= 4 is 10.9 Å². The summed E-state index contributed by atoms with van der Waals surface area (Å²) in [7, 11) is 0. The Labute approximate surface area is 77.2 Å². The molecule has 1 heterocycles. The molecule has 1 unspecified atom stereocenters. The largest absolute Gasteiger partial charge is 0.389 e. The SMILES string of the molecule is Cc1c[nH]c2cc(C(C)O)ccc12. The van der Waals surface area contributed by atoms with E-state index in [-0.39, 0.29) is 0 Å². The van der Waals surface area contributed by atoms with Crippen molar-refractivity contribution in [2.75, 3.05) is 0 Å². The Morgan fingerprint density at radius 1 is 1.38 bits per heavy atom. The van der Waals surface area contributed by atoms with Crippen LogP contribution in [0.25, 0.3) is 10.9 Å². The minimum Gasteiger partial charge on any atom is -0.389 e. The molecule has 1 aromatic heterocycles. The van der Waals surface area contributed by atoms with E-state index < -0.39 is 6.10 Å². The molecule has 2 heteroatoms. The van der Waals surface area contributed by atoms with Gasteiger partial charge in [0.05, 0.1) is 6.10 Å². The fraction of sp³-hybridized carbons (Fsp3) is 0.273. The van der Waals surface area contributed by atoms with Crippen LogP contribution < -0.4 is 0 Å². The van der Waals surface area contributed by atoms with Crippen molar-refractivity contribution in [3.05, 3.63) is 35.5 Å². The Morgan fingerprint density at radius 3 is 2.85 bits per heavy atom. The number of benzene rings is 1. The van der Waals surface area contributed by atoms with Crippen LogP contribution in [-0.4, -0.2) is 10.1 Å². The van der Waals surface area contributed by atoms with Crippen LogP contribution in [0.1, 0.15) is 24.2 Å². The molecule has 2 N–H and O–H groups in total. The standard InChI is InChI=1S/C11H13NO/c1-7-6-12-11-5-9(8(2)13)3-4-10(7)11/h3-6,8,12-13H,1-2H3. The van der Waals surface area contributed by atoms with Gasteiger partial charge in [0.1, 0.15) is 0 Å². The van der Waals surface area contributed by atoms with E-state index in [9.17, 15) is 5.11 Å². The Hall–Kier alpha value is -1.28. The molecule has 0 aliphatic rings. The van der Waals surface area contributed by atoms with Gasteiger partial charge in [0.2, 0.25) is 0 Å². The van der Waals surface area contributed by atoms with Crippen LogP contribution in [0.3, 0.4) is 0 Å². The molecule has 2 rings (SSSR count). The van der Waals surface area contributed by atoms with Gasteiger partial charge in [0, 0.05) is 17.1 Å². The number of aromatic amines is 1. The van der Waals surface area contributed by atoms with Crippen LogP contribution in [0.15, 0.2) is 24.4 Å². The summed E-state index contributed by atoms with van der Waals surface area (Å²) in [6.07, 6.45) is 1.59. The molecule has 1 aromatic carbocycles. The molecule has 0 aliphatic carbocycles. The fourth-order valence-electron chi connectivity index (χ4n) is 1.55. The molecule has 2 aromatic rings. The highest BCUT2D eigenvalue weighted by Gasteiger charge is 2.03. The lowest BCUT2D eigenvalue weighted by Crippen LogP contribution is -1.89. The van der Waals surface area contributed by atoms with E-state index in [2.05, 4.69) is 11.9 Å². The summed E-state index contributed by atoms with van der Waals surface area (Å²) in [5.41, 5.74) is 3.29. The van der Waals surface area contributed by atoms with Gasteiger partial charge in [-0.3, -0.25) is 0 Å². The lowest BCUT2D eigenvalue weighted by Gasteiger charge is -2.03. The monoisotopic (exact) mass is 175 g/mol. The second-order valence-electron chi connectivity index (χ2n) is 3.45. The quantitative estimate of drug-likeness (QED) is 0.686. The van der Waals surface area contributed by atoms with Crippen LogP contribution >= 0.6 is 0 Å². The minimum absolute atomic E-state index is 0.395. The maximum absolute atomic E-state index is 9.38. The van der Waals surface area contributed by atoms with Gasteiger partial charge in [-0.1, -0.05) is 12.1 Å². The van der Waals surface area contributed by atoms with Crippen molar-refractivity contribution in [3.63, 3.8) is 0 Å². The third kappa shape index (κ3) is 1.33. The van der Waals surface area contributed by atoms with E-state index in [1.54, 1.807) is 6.92 Å². The zero-order valence-corrected chi connectivity index (χ0v) is 7.83. The number of hydrogen-bond donors (Lipinski definition) is 2. The normalized spacial score (nSPS) is 13.5. The zero-order chi connectivity index (χ0) is 9.42. The highest BCUT2D eigenvalue weighted by atomic mass is 16.3. The Balaban J connectivity index is 2.63. The molecule has 1 atom stereocenters. The number of rotatable bonds is 1. The van der Waals surface area contributed by atoms with E-state index in [4.69, 9.17) is 0 Å². The average molecular weight is 175 g/mol. The summed E-state index contributed by atoms with van der Waals surface area (Å²) in [4.78, 5) is 3.17. The van der Waals surface area contributed by atoms with E-state index >= 15 is 0 Å². The summed E-state index contributed by atoms with van der Waals surface area (Å²) in [5.74, 6) is 0. The van der Waals surface area contributed by atoms with Crippen LogP contribution in [0, 0.1) is 6.92 Å². The van der Waals surface area contributed by atoms with Crippen LogP contribution in [0.2, 0.25) is 0 Å². The summed E-state index contributed by atoms with van der Waals surface area (Å²) in [6.45, 7) is 3.85. The smallest absolute Gasteiger partial charge is 0.0762 e. The second-order valence-corrected chi connectivity index (χ2v) is 3.45. The second kappa shape index (κ2) is 2.89. The van der Waals surface area contributed by atoms with Gasteiger partial charge < -0.3 is 10.1 Å². The molecular formula is C11H13NO. The number of hydrogen-bond acceptors (Lipinski definition) is 1. The Bertz CT molecular complexity index is 429.